The van der Waals surface area contributed by atoms with Crippen LogP contribution in [0.1, 0.15) is 22.0 Å². The monoisotopic (exact) mass is 337 g/mol. The summed E-state index contributed by atoms with van der Waals surface area (Å²) in [5, 5.41) is 2.11. The number of nitrogens with zero attached hydrogens (tertiary/aromatic N) is 1. The van der Waals surface area contributed by atoms with Crippen molar-refractivity contribution in [3.8, 4) is 0 Å². The van der Waals surface area contributed by atoms with Gasteiger partial charge in [-0.2, -0.15) is 0 Å². The van der Waals surface area contributed by atoms with Crippen LogP contribution in [0.25, 0.3) is 0 Å². The highest BCUT2D eigenvalue weighted by molar-refractivity contribution is 7.10. The highest BCUT2D eigenvalue weighted by atomic mass is 32.1. The molecule has 2 N–H and O–H groups in total. The third-order valence-electron chi connectivity index (χ3n) is 4.32. The molecule has 1 saturated heterocycles. The highest BCUT2D eigenvalue weighted by Gasteiger charge is 2.31. The molecule has 2 aromatic rings. The van der Waals surface area contributed by atoms with Crippen LogP contribution in [0.2, 0.25) is 0 Å². The lowest BCUT2D eigenvalue weighted by molar-refractivity contribution is 0.262. The van der Waals surface area contributed by atoms with Crippen LogP contribution >= 0.6 is 11.3 Å². The van der Waals surface area contributed by atoms with Gasteiger partial charge in [0.2, 0.25) is 0 Å². The van der Waals surface area contributed by atoms with Crippen molar-refractivity contribution in [3.63, 3.8) is 0 Å². The summed E-state index contributed by atoms with van der Waals surface area (Å²) in [6.07, 6.45) is 0. The van der Waals surface area contributed by atoms with Gasteiger partial charge in [-0.25, -0.2) is 14.2 Å². The van der Waals surface area contributed by atoms with Gasteiger partial charge in [-0.05, 0) is 37.0 Å². The van der Waals surface area contributed by atoms with Gasteiger partial charge in [0.05, 0.1) is 6.04 Å². The van der Waals surface area contributed by atoms with E-state index in [0.717, 1.165) is 25.7 Å². The Balaban J connectivity index is 1.68. The molecule has 0 radical (unpaired) electrons. The second-order valence-electron chi connectivity index (χ2n) is 6.15. The maximum atomic E-state index is 14.1. The molecular weight excluding hydrogens is 316 g/mol. The van der Waals surface area contributed by atoms with Crippen molar-refractivity contribution in [2.45, 2.75) is 19.5 Å². The number of hydrogen-bond donors (Lipinski definition) is 2. The Kier molecular flexibility index (Phi) is 5.06. The number of thiophene rings is 1. The SMILES string of the molecule is Cc1ccsc1CN(C)CC1CNNC1c1ccc(F)cc1F. The molecule has 0 amide bonds. The minimum absolute atomic E-state index is 0.150. The van der Waals surface area contributed by atoms with Crippen molar-refractivity contribution in [2.75, 3.05) is 20.1 Å². The third-order valence-corrected chi connectivity index (χ3v) is 5.33. The number of hydrazine groups is 1. The molecule has 0 saturated carbocycles. The van der Waals surface area contributed by atoms with Gasteiger partial charge in [-0.3, -0.25) is 5.43 Å². The molecule has 2 unspecified atom stereocenters. The number of aryl methyl sites for hydroxylation is 1. The van der Waals surface area contributed by atoms with Crippen molar-refractivity contribution in [2.24, 2.45) is 5.92 Å². The quantitative estimate of drug-likeness (QED) is 0.877. The van der Waals surface area contributed by atoms with E-state index in [0.29, 0.717) is 5.56 Å². The van der Waals surface area contributed by atoms with Crippen LogP contribution in [0.4, 0.5) is 8.78 Å². The van der Waals surface area contributed by atoms with Crippen molar-refractivity contribution >= 4 is 11.3 Å². The largest absolute Gasteiger partial charge is 0.301 e. The van der Waals surface area contributed by atoms with E-state index in [1.807, 2.05) is 0 Å². The summed E-state index contributed by atoms with van der Waals surface area (Å²) < 4.78 is 27.2. The molecule has 6 heteroatoms. The Morgan fingerprint density at radius 2 is 2.13 bits per heavy atom. The van der Waals surface area contributed by atoms with Crippen molar-refractivity contribution in [1.82, 2.24) is 15.8 Å². The van der Waals surface area contributed by atoms with E-state index in [9.17, 15) is 8.78 Å². The standard InChI is InChI=1S/C17H21F2N3S/c1-11-5-6-23-16(11)10-22(2)9-12-8-20-21-17(12)14-4-3-13(18)7-15(14)19/h3-7,12,17,20-21H,8-10H2,1-2H3. The minimum atomic E-state index is -0.543. The smallest absolute Gasteiger partial charge is 0.130 e. The Labute approximate surface area is 139 Å². The minimum Gasteiger partial charge on any atom is -0.301 e. The van der Waals surface area contributed by atoms with Crippen LogP contribution in [0.5, 0.6) is 0 Å². The molecule has 2 heterocycles. The molecule has 1 aliphatic rings. The second-order valence-corrected chi connectivity index (χ2v) is 7.15. The zero-order chi connectivity index (χ0) is 16.4. The lowest BCUT2D eigenvalue weighted by Crippen LogP contribution is -2.30. The molecule has 2 atom stereocenters. The second kappa shape index (κ2) is 7.05. The van der Waals surface area contributed by atoms with Crippen LogP contribution in [-0.4, -0.2) is 25.0 Å². The summed E-state index contributed by atoms with van der Waals surface area (Å²) in [5.74, 6) is -0.813. The van der Waals surface area contributed by atoms with E-state index >= 15 is 0 Å². The molecule has 3 rings (SSSR count). The molecule has 0 aliphatic carbocycles. The van der Waals surface area contributed by atoms with Crippen LogP contribution in [-0.2, 0) is 6.54 Å². The van der Waals surface area contributed by atoms with Gasteiger partial charge in [0.1, 0.15) is 11.6 Å². The summed E-state index contributed by atoms with van der Waals surface area (Å²) >= 11 is 1.76. The normalized spacial score (nSPS) is 21.3. The molecule has 23 heavy (non-hydrogen) atoms. The van der Waals surface area contributed by atoms with Gasteiger partial charge in [0.25, 0.3) is 0 Å². The zero-order valence-corrected chi connectivity index (χ0v) is 14.1. The van der Waals surface area contributed by atoms with Gasteiger partial charge in [-0.15, -0.1) is 11.3 Å². The van der Waals surface area contributed by atoms with Crippen LogP contribution in [0.15, 0.2) is 29.6 Å². The maximum Gasteiger partial charge on any atom is 0.130 e. The van der Waals surface area contributed by atoms with Crippen molar-refractivity contribution in [3.05, 3.63) is 57.3 Å². The fraction of sp³-hybridized carbons (Fsp3) is 0.412. The van der Waals surface area contributed by atoms with E-state index in [1.54, 1.807) is 11.3 Å². The van der Waals surface area contributed by atoms with Crippen LogP contribution in [0, 0.1) is 24.5 Å². The molecule has 1 aliphatic heterocycles. The van der Waals surface area contributed by atoms with E-state index < -0.39 is 11.6 Å². The number of hydrogen-bond acceptors (Lipinski definition) is 4. The van der Waals surface area contributed by atoms with E-state index in [1.165, 1.54) is 22.6 Å². The molecule has 1 aromatic carbocycles. The lowest BCUT2D eigenvalue weighted by Gasteiger charge is -2.25. The van der Waals surface area contributed by atoms with Gasteiger partial charge in [-0.1, -0.05) is 6.07 Å². The van der Waals surface area contributed by atoms with Gasteiger partial charge in [0.15, 0.2) is 0 Å². The Morgan fingerprint density at radius 3 is 2.83 bits per heavy atom. The third kappa shape index (κ3) is 3.77. The zero-order valence-electron chi connectivity index (χ0n) is 13.3. The topological polar surface area (TPSA) is 27.3 Å². The number of nitrogens with one attached hydrogen (secondary N) is 2. The van der Waals surface area contributed by atoms with E-state index in [-0.39, 0.29) is 12.0 Å². The summed E-state index contributed by atoms with van der Waals surface area (Å²) in [7, 11) is 2.08. The molecule has 3 nitrogen and oxygen atoms in total. The first kappa shape index (κ1) is 16.5. The highest BCUT2D eigenvalue weighted by Crippen LogP contribution is 2.28. The Bertz CT molecular complexity index is 674. The molecule has 1 aromatic heterocycles. The van der Waals surface area contributed by atoms with E-state index in [2.05, 4.69) is 41.2 Å². The van der Waals surface area contributed by atoms with Gasteiger partial charge in [0, 0.05) is 42.1 Å². The molecule has 0 bridgehead atoms. The molecule has 1 fully saturated rings. The summed E-state index contributed by atoms with van der Waals surface area (Å²) in [5.41, 5.74) is 8.05. The van der Waals surface area contributed by atoms with Gasteiger partial charge >= 0.3 is 0 Å². The average Bonchev–Trinajstić information content (AvgIpc) is 3.09. The number of halogens is 2. The summed E-state index contributed by atoms with van der Waals surface area (Å²) in [6, 6.07) is 5.77. The van der Waals surface area contributed by atoms with Crippen LogP contribution < -0.4 is 10.9 Å². The fourth-order valence-corrected chi connectivity index (χ4v) is 4.05. The first-order valence-electron chi connectivity index (χ1n) is 7.69. The predicted molar refractivity (Wildman–Crippen MR) is 89.1 cm³/mol. The molecule has 0 spiro atoms. The first-order valence-corrected chi connectivity index (χ1v) is 8.57. The summed E-state index contributed by atoms with van der Waals surface area (Å²) in [6.45, 7) is 4.60. The molecular formula is C17H21F2N3S. The first-order chi connectivity index (χ1) is 11.0. The number of benzene rings is 1. The average molecular weight is 337 g/mol. The van der Waals surface area contributed by atoms with Gasteiger partial charge < -0.3 is 4.90 Å². The summed E-state index contributed by atoms with van der Waals surface area (Å²) in [4.78, 5) is 3.61. The Hall–Kier alpha value is -1.34. The molecule has 124 valence electrons. The van der Waals surface area contributed by atoms with Crippen molar-refractivity contribution in [1.29, 1.82) is 0 Å². The maximum absolute atomic E-state index is 14.1. The Morgan fingerprint density at radius 1 is 1.30 bits per heavy atom. The lowest BCUT2D eigenvalue weighted by atomic mass is 9.94. The van der Waals surface area contributed by atoms with Crippen molar-refractivity contribution < 1.29 is 8.78 Å². The fourth-order valence-electron chi connectivity index (χ4n) is 3.07. The number of rotatable bonds is 5. The van der Waals surface area contributed by atoms with E-state index in [4.69, 9.17) is 0 Å². The predicted octanol–water partition coefficient (Wildman–Crippen LogP) is 3.23. The van der Waals surface area contributed by atoms with Crippen LogP contribution in [0.3, 0.4) is 0 Å².